The zero-order valence-electron chi connectivity index (χ0n) is 14.2. The van der Waals surface area contributed by atoms with E-state index in [2.05, 4.69) is 10.5 Å². The smallest absolute Gasteiger partial charge is 0.280 e. The fourth-order valence-electron chi connectivity index (χ4n) is 2.02. The number of carbonyl (C=O) groups excluding carboxylic acids is 1. The Morgan fingerprint density at radius 2 is 1.96 bits per heavy atom. The highest BCUT2D eigenvalue weighted by Gasteiger charge is 2.13. The number of nitrogens with one attached hydrogen (secondary N) is 1. The fourth-order valence-corrected chi connectivity index (χ4v) is 2.02. The topological polar surface area (TPSA) is 59.9 Å². The first-order chi connectivity index (χ1) is 11.6. The van der Waals surface area contributed by atoms with Crippen LogP contribution in [0.5, 0.6) is 11.5 Å². The standard InChI is InChI=1S/C19H22N2O3/c1-4-23-17-10-8-16(9-11-17)13-20-21-19(22)15(3)24-18-7-5-6-14(2)12-18/h5-13,15H,4H2,1-3H3,(H,21,22)/t15-/m0/s1. The van der Waals surface area contributed by atoms with Crippen LogP contribution in [0.25, 0.3) is 0 Å². The molecule has 0 bridgehead atoms. The first-order valence-corrected chi connectivity index (χ1v) is 7.87. The third-order valence-corrected chi connectivity index (χ3v) is 3.25. The molecule has 0 aromatic heterocycles. The van der Waals surface area contributed by atoms with E-state index < -0.39 is 6.10 Å². The molecule has 5 heteroatoms. The summed E-state index contributed by atoms with van der Waals surface area (Å²) in [7, 11) is 0. The van der Waals surface area contributed by atoms with E-state index in [0.717, 1.165) is 16.9 Å². The highest BCUT2D eigenvalue weighted by atomic mass is 16.5. The van der Waals surface area contributed by atoms with Crippen molar-refractivity contribution in [3.63, 3.8) is 0 Å². The summed E-state index contributed by atoms with van der Waals surface area (Å²) in [6.07, 6.45) is 0.941. The average molecular weight is 326 g/mol. The van der Waals surface area contributed by atoms with Crippen LogP contribution in [0, 0.1) is 6.92 Å². The lowest BCUT2D eigenvalue weighted by Gasteiger charge is -2.13. The first kappa shape index (κ1) is 17.5. The molecule has 5 nitrogen and oxygen atoms in total. The minimum atomic E-state index is -0.635. The monoisotopic (exact) mass is 326 g/mol. The van der Waals surface area contributed by atoms with Crippen LogP contribution < -0.4 is 14.9 Å². The summed E-state index contributed by atoms with van der Waals surface area (Å²) in [4.78, 5) is 12.0. The van der Waals surface area contributed by atoms with Crippen molar-refractivity contribution in [1.29, 1.82) is 0 Å². The molecule has 1 atom stereocenters. The zero-order valence-corrected chi connectivity index (χ0v) is 14.2. The number of amides is 1. The lowest BCUT2D eigenvalue weighted by molar-refractivity contribution is -0.127. The maximum Gasteiger partial charge on any atom is 0.280 e. The Labute approximate surface area is 142 Å². The van der Waals surface area contributed by atoms with E-state index in [1.54, 1.807) is 13.1 Å². The quantitative estimate of drug-likeness (QED) is 0.627. The molecule has 1 N–H and O–H groups in total. The number of rotatable bonds is 7. The van der Waals surface area contributed by atoms with Gasteiger partial charge in [-0.15, -0.1) is 0 Å². The van der Waals surface area contributed by atoms with Crippen molar-refractivity contribution in [1.82, 2.24) is 5.43 Å². The highest BCUT2D eigenvalue weighted by Crippen LogP contribution is 2.14. The number of ether oxygens (including phenoxy) is 2. The summed E-state index contributed by atoms with van der Waals surface area (Å²) in [5, 5.41) is 3.95. The van der Waals surface area contributed by atoms with E-state index in [-0.39, 0.29) is 5.91 Å². The molecular formula is C19H22N2O3. The molecule has 0 heterocycles. The van der Waals surface area contributed by atoms with Crippen molar-refractivity contribution in [2.75, 3.05) is 6.61 Å². The molecule has 0 aliphatic heterocycles. The van der Waals surface area contributed by atoms with Gasteiger partial charge in [-0.1, -0.05) is 12.1 Å². The average Bonchev–Trinajstić information content (AvgIpc) is 2.56. The van der Waals surface area contributed by atoms with Crippen molar-refractivity contribution in [3.8, 4) is 11.5 Å². The van der Waals surface area contributed by atoms with Gasteiger partial charge in [0.15, 0.2) is 6.10 Å². The SMILES string of the molecule is CCOc1ccc(C=NNC(=O)[C@H](C)Oc2cccc(C)c2)cc1. The van der Waals surface area contributed by atoms with E-state index in [0.29, 0.717) is 12.4 Å². The van der Waals surface area contributed by atoms with Crippen LogP contribution in [0.2, 0.25) is 0 Å². The third-order valence-electron chi connectivity index (χ3n) is 3.25. The Morgan fingerprint density at radius 1 is 1.21 bits per heavy atom. The molecule has 0 saturated heterocycles. The van der Waals surface area contributed by atoms with E-state index in [9.17, 15) is 4.79 Å². The first-order valence-electron chi connectivity index (χ1n) is 7.87. The Hall–Kier alpha value is -2.82. The van der Waals surface area contributed by atoms with Crippen molar-refractivity contribution >= 4 is 12.1 Å². The van der Waals surface area contributed by atoms with E-state index in [1.807, 2.05) is 62.4 Å². The maximum atomic E-state index is 12.0. The van der Waals surface area contributed by atoms with Crippen molar-refractivity contribution in [2.45, 2.75) is 26.9 Å². The molecule has 0 aliphatic rings. The number of nitrogens with zero attached hydrogens (tertiary/aromatic N) is 1. The molecule has 1 amide bonds. The van der Waals surface area contributed by atoms with Crippen molar-refractivity contribution in [3.05, 3.63) is 59.7 Å². The van der Waals surface area contributed by atoms with Crippen LogP contribution in [-0.4, -0.2) is 24.8 Å². The lowest BCUT2D eigenvalue weighted by Crippen LogP contribution is -2.33. The summed E-state index contributed by atoms with van der Waals surface area (Å²) in [6, 6.07) is 15.0. The van der Waals surface area contributed by atoms with Crippen LogP contribution in [0.1, 0.15) is 25.0 Å². The van der Waals surface area contributed by atoms with Gasteiger partial charge in [0.05, 0.1) is 12.8 Å². The summed E-state index contributed by atoms with van der Waals surface area (Å²) in [5.41, 5.74) is 4.42. The van der Waals surface area contributed by atoms with Crippen molar-refractivity contribution in [2.24, 2.45) is 5.10 Å². The molecule has 0 aliphatic carbocycles. The second-order valence-corrected chi connectivity index (χ2v) is 5.31. The van der Waals surface area contributed by atoms with Gasteiger partial charge in [0, 0.05) is 0 Å². The van der Waals surface area contributed by atoms with Crippen LogP contribution in [0.15, 0.2) is 53.6 Å². The molecule has 0 radical (unpaired) electrons. The molecule has 2 rings (SSSR count). The van der Waals surface area contributed by atoms with Gasteiger partial charge >= 0.3 is 0 Å². The van der Waals surface area contributed by atoms with E-state index >= 15 is 0 Å². The Morgan fingerprint density at radius 3 is 2.62 bits per heavy atom. The number of hydrogen-bond donors (Lipinski definition) is 1. The second-order valence-electron chi connectivity index (χ2n) is 5.31. The molecule has 126 valence electrons. The van der Waals surface area contributed by atoms with Gasteiger partial charge in [-0.05, 0) is 68.3 Å². The summed E-state index contributed by atoms with van der Waals surface area (Å²) in [6.45, 7) is 6.22. The minimum absolute atomic E-state index is 0.307. The van der Waals surface area contributed by atoms with Gasteiger partial charge in [-0.3, -0.25) is 4.79 Å². The molecule has 2 aromatic carbocycles. The second kappa shape index (κ2) is 8.72. The molecule has 2 aromatic rings. The summed E-state index contributed by atoms with van der Waals surface area (Å²) in [5.74, 6) is 1.16. The molecule has 0 spiro atoms. The Balaban J connectivity index is 1.85. The largest absolute Gasteiger partial charge is 0.494 e. The molecular weight excluding hydrogens is 304 g/mol. The summed E-state index contributed by atoms with van der Waals surface area (Å²) < 4.78 is 11.0. The predicted octanol–water partition coefficient (Wildman–Crippen LogP) is 3.31. The number of hydrazone groups is 1. The number of aryl methyl sites for hydroxylation is 1. The highest BCUT2D eigenvalue weighted by molar-refractivity contribution is 5.84. The van der Waals surface area contributed by atoms with Gasteiger partial charge in [-0.2, -0.15) is 5.10 Å². The summed E-state index contributed by atoms with van der Waals surface area (Å²) >= 11 is 0. The molecule has 24 heavy (non-hydrogen) atoms. The maximum absolute atomic E-state index is 12.0. The number of hydrogen-bond acceptors (Lipinski definition) is 4. The van der Waals surface area contributed by atoms with Gasteiger partial charge in [0.2, 0.25) is 0 Å². The fraction of sp³-hybridized carbons (Fsp3) is 0.263. The van der Waals surface area contributed by atoms with Gasteiger partial charge < -0.3 is 9.47 Å². The Bertz CT molecular complexity index is 696. The predicted molar refractivity (Wildman–Crippen MR) is 94.6 cm³/mol. The molecule has 0 saturated carbocycles. The molecule has 0 unspecified atom stereocenters. The van der Waals surface area contributed by atoms with Crippen LogP contribution in [0.3, 0.4) is 0 Å². The molecule has 0 fully saturated rings. The van der Waals surface area contributed by atoms with Gasteiger partial charge in [0.25, 0.3) is 5.91 Å². The number of benzene rings is 2. The van der Waals surface area contributed by atoms with E-state index in [4.69, 9.17) is 9.47 Å². The van der Waals surface area contributed by atoms with Crippen LogP contribution in [-0.2, 0) is 4.79 Å². The van der Waals surface area contributed by atoms with Crippen LogP contribution >= 0.6 is 0 Å². The number of carbonyl (C=O) groups is 1. The third kappa shape index (κ3) is 5.43. The zero-order chi connectivity index (χ0) is 17.4. The normalized spacial score (nSPS) is 12.0. The van der Waals surface area contributed by atoms with Gasteiger partial charge in [-0.25, -0.2) is 5.43 Å². The van der Waals surface area contributed by atoms with E-state index in [1.165, 1.54) is 0 Å². The van der Waals surface area contributed by atoms with Gasteiger partial charge in [0.1, 0.15) is 11.5 Å². The van der Waals surface area contributed by atoms with Crippen molar-refractivity contribution < 1.29 is 14.3 Å². The minimum Gasteiger partial charge on any atom is -0.494 e. The lowest BCUT2D eigenvalue weighted by atomic mass is 10.2. The van der Waals surface area contributed by atoms with Crippen LogP contribution in [0.4, 0.5) is 0 Å². The Kier molecular flexibility index (Phi) is 6.37.